The van der Waals surface area contributed by atoms with Crippen molar-refractivity contribution in [2.75, 3.05) is 14.2 Å². The van der Waals surface area contributed by atoms with Crippen LogP contribution < -0.4 is 19.6 Å². The van der Waals surface area contributed by atoms with E-state index >= 15 is 0 Å². The Balaban J connectivity index is 0.000000366. The predicted octanol–water partition coefficient (Wildman–Crippen LogP) is 0.861. The quantitative estimate of drug-likeness (QED) is 0.616. The number of nitrogens with one attached hydrogen (secondary N) is 1. The van der Waals surface area contributed by atoms with E-state index in [1.807, 2.05) is 30.6 Å². The van der Waals surface area contributed by atoms with Gasteiger partial charge in [-0.1, -0.05) is 12.1 Å². The summed E-state index contributed by atoms with van der Waals surface area (Å²) in [7, 11) is 2.96. The van der Waals surface area contributed by atoms with Crippen LogP contribution in [-0.4, -0.2) is 20.2 Å². The number of nitriles is 1. The third-order valence-electron chi connectivity index (χ3n) is 2.67. The third kappa shape index (κ3) is 5.89. The molecule has 1 aromatic heterocycles. The fourth-order valence-electron chi connectivity index (χ4n) is 1.59. The van der Waals surface area contributed by atoms with E-state index in [1.54, 1.807) is 24.3 Å². The van der Waals surface area contributed by atoms with Gasteiger partial charge in [0.05, 0.1) is 25.8 Å². The average Bonchev–Trinajstić information content (AvgIpc) is 2.61. The number of H-pyrrole nitrogens is 1. The van der Waals surface area contributed by atoms with E-state index in [9.17, 15) is 9.90 Å². The van der Waals surface area contributed by atoms with Crippen molar-refractivity contribution < 1.29 is 24.4 Å². The zero-order valence-corrected chi connectivity index (χ0v) is 12.8. The Morgan fingerprint density at radius 1 is 1.17 bits per heavy atom. The maximum absolute atomic E-state index is 10.6. The second kappa shape index (κ2) is 9.58. The highest BCUT2D eigenvalue weighted by molar-refractivity contribution is 5.95. The summed E-state index contributed by atoms with van der Waals surface area (Å²) in [5.41, 5.74) is 0.0700. The summed E-state index contributed by atoms with van der Waals surface area (Å²) in [6.45, 7) is 0. The number of aliphatic carboxylic acids is 1. The lowest BCUT2D eigenvalue weighted by Crippen LogP contribution is -2.23. The topological polar surface area (TPSA) is 96.5 Å². The first-order chi connectivity index (χ1) is 11.1. The van der Waals surface area contributed by atoms with Crippen LogP contribution in [0.15, 0.2) is 54.4 Å². The van der Waals surface area contributed by atoms with Gasteiger partial charge in [-0.25, -0.2) is 4.98 Å². The van der Waals surface area contributed by atoms with Crippen molar-refractivity contribution in [1.29, 1.82) is 5.26 Å². The maximum atomic E-state index is 10.6. The number of carboxylic acids is 1. The highest BCUT2D eigenvalue weighted by atomic mass is 16.5. The summed E-state index contributed by atoms with van der Waals surface area (Å²) in [6, 6.07) is 12.2. The molecule has 0 saturated heterocycles. The molecule has 6 nitrogen and oxygen atoms in total. The number of carboxylic acid groups (broad SMARTS) is 1. The number of hydrogen-bond acceptors (Lipinski definition) is 5. The largest absolute Gasteiger partial charge is 0.544 e. The van der Waals surface area contributed by atoms with Crippen LogP contribution in [0.25, 0.3) is 6.08 Å². The zero-order valence-electron chi connectivity index (χ0n) is 12.8. The van der Waals surface area contributed by atoms with Gasteiger partial charge < -0.3 is 19.4 Å². The Labute approximate surface area is 134 Å². The molecule has 6 heteroatoms. The van der Waals surface area contributed by atoms with Crippen LogP contribution in [0.5, 0.6) is 11.5 Å². The number of carbonyl (C=O) groups is 1. The van der Waals surface area contributed by atoms with Gasteiger partial charge in [0.1, 0.15) is 6.07 Å². The summed E-state index contributed by atoms with van der Waals surface area (Å²) in [5.74, 6) is -0.532. The molecule has 0 aliphatic carbocycles. The SMILES string of the molecule is COc1ccc(C=C(C#N)C(=O)[O-])cc1OC.c1cc[nH+]cc1. The van der Waals surface area contributed by atoms with E-state index in [-0.39, 0.29) is 0 Å². The number of carbonyl (C=O) groups excluding carboxylic acids is 1. The predicted molar refractivity (Wildman–Crippen MR) is 81.1 cm³/mol. The van der Waals surface area contributed by atoms with Crippen LogP contribution in [0, 0.1) is 11.3 Å². The second-order valence-corrected chi connectivity index (χ2v) is 4.15. The lowest BCUT2D eigenvalue weighted by molar-refractivity contribution is -0.377. The summed E-state index contributed by atoms with van der Waals surface area (Å²) in [6.07, 6.45) is 4.96. The molecule has 0 fully saturated rings. The molecule has 118 valence electrons. The maximum Gasteiger partial charge on any atom is 0.166 e. The van der Waals surface area contributed by atoms with Crippen molar-refractivity contribution in [3.63, 3.8) is 0 Å². The molecule has 0 radical (unpaired) electrons. The molecule has 0 saturated carbocycles. The molecule has 23 heavy (non-hydrogen) atoms. The number of benzene rings is 1. The van der Waals surface area contributed by atoms with Crippen LogP contribution >= 0.6 is 0 Å². The molecule has 1 aromatic carbocycles. The molecular formula is C17H16N2O4. The van der Waals surface area contributed by atoms with Gasteiger partial charge in [-0.3, -0.25) is 0 Å². The normalized spacial score (nSPS) is 9.87. The Morgan fingerprint density at radius 2 is 1.83 bits per heavy atom. The summed E-state index contributed by atoms with van der Waals surface area (Å²) in [5, 5.41) is 19.1. The Hall–Kier alpha value is -3.33. The number of nitrogens with zero attached hydrogens (tertiary/aromatic N) is 1. The number of ether oxygens (including phenoxy) is 2. The minimum absolute atomic E-state index is 0.447. The van der Waals surface area contributed by atoms with E-state index in [4.69, 9.17) is 14.7 Å². The van der Waals surface area contributed by atoms with E-state index in [0.29, 0.717) is 17.1 Å². The molecule has 0 amide bonds. The van der Waals surface area contributed by atoms with Crippen LogP contribution in [0.1, 0.15) is 5.56 Å². The average molecular weight is 312 g/mol. The fourth-order valence-corrected chi connectivity index (χ4v) is 1.59. The first-order valence-corrected chi connectivity index (χ1v) is 6.58. The van der Waals surface area contributed by atoms with Gasteiger partial charge in [-0.05, 0) is 23.8 Å². The van der Waals surface area contributed by atoms with E-state index in [1.165, 1.54) is 20.3 Å². The molecule has 2 aromatic rings. The number of methoxy groups -OCH3 is 2. The van der Waals surface area contributed by atoms with Crippen LogP contribution in [0.4, 0.5) is 0 Å². The van der Waals surface area contributed by atoms with Gasteiger partial charge in [0.2, 0.25) is 0 Å². The van der Waals surface area contributed by atoms with Gasteiger partial charge in [0.25, 0.3) is 0 Å². The number of pyridine rings is 1. The monoisotopic (exact) mass is 312 g/mol. The Morgan fingerprint density at radius 3 is 2.22 bits per heavy atom. The Bertz CT molecular complexity index is 680. The van der Waals surface area contributed by atoms with Gasteiger partial charge in [-0.15, -0.1) is 0 Å². The molecular weight excluding hydrogens is 296 g/mol. The lowest BCUT2D eigenvalue weighted by Gasteiger charge is -2.08. The van der Waals surface area contributed by atoms with E-state index in [0.717, 1.165) is 0 Å². The molecule has 0 spiro atoms. The smallest absolute Gasteiger partial charge is 0.166 e. The molecule has 0 unspecified atom stereocenters. The highest BCUT2D eigenvalue weighted by Gasteiger charge is 2.04. The van der Waals surface area contributed by atoms with Crippen LogP contribution in [-0.2, 0) is 4.79 Å². The number of aromatic nitrogens is 1. The third-order valence-corrected chi connectivity index (χ3v) is 2.67. The number of rotatable bonds is 4. The summed E-state index contributed by atoms with van der Waals surface area (Å²) in [4.78, 5) is 13.4. The van der Waals surface area contributed by atoms with E-state index in [2.05, 4.69) is 4.98 Å². The standard InChI is InChI=1S/C12H11NO4.C5H5N/c1-16-10-4-3-8(6-11(10)17-2)5-9(7-13)12(14)15;1-2-4-6-5-3-1/h3-6H,1-2H3,(H,14,15);1-5H. The first-order valence-electron chi connectivity index (χ1n) is 6.58. The first kappa shape index (κ1) is 17.7. The van der Waals surface area contributed by atoms with Crippen molar-refractivity contribution in [3.8, 4) is 17.6 Å². The summed E-state index contributed by atoms with van der Waals surface area (Å²) < 4.78 is 10.1. The molecule has 1 heterocycles. The lowest BCUT2D eigenvalue weighted by atomic mass is 10.1. The van der Waals surface area contributed by atoms with Crippen molar-refractivity contribution in [2.45, 2.75) is 0 Å². The number of aromatic amines is 1. The van der Waals surface area contributed by atoms with Gasteiger partial charge >= 0.3 is 0 Å². The minimum atomic E-state index is -1.51. The molecule has 2 rings (SSSR count). The summed E-state index contributed by atoms with van der Waals surface area (Å²) >= 11 is 0. The number of hydrogen-bond donors (Lipinski definition) is 0. The van der Waals surface area contributed by atoms with Crippen molar-refractivity contribution in [3.05, 3.63) is 59.9 Å². The van der Waals surface area contributed by atoms with Crippen molar-refractivity contribution in [1.82, 2.24) is 0 Å². The molecule has 0 aliphatic heterocycles. The molecule has 0 bridgehead atoms. The van der Waals surface area contributed by atoms with Gasteiger partial charge in [0, 0.05) is 12.1 Å². The van der Waals surface area contributed by atoms with Crippen LogP contribution in [0.2, 0.25) is 0 Å². The van der Waals surface area contributed by atoms with Crippen molar-refractivity contribution in [2.24, 2.45) is 0 Å². The highest BCUT2D eigenvalue weighted by Crippen LogP contribution is 2.28. The molecule has 0 aliphatic rings. The second-order valence-electron chi connectivity index (χ2n) is 4.15. The molecule has 0 atom stereocenters. The molecule has 1 N–H and O–H groups in total. The Kier molecular flexibility index (Phi) is 7.38. The fraction of sp³-hybridized carbons (Fsp3) is 0.118. The van der Waals surface area contributed by atoms with Gasteiger partial charge in [-0.2, -0.15) is 5.26 Å². The minimum Gasteiger partial charge on any atom is -0.544 e. The van der Waals surface area contributed by atoms with Crippen LogP contribution in [0.3, 0.4) is 0 Å². The zero-order chi connectivity index (χ0) is 17.1. The van der Waals surface area contributed by atoms with E-state index < -0.39 is 11.5 Å². The van der Waals surface area contributed by atoms with Crippen molar-refractivity contribution >= 4 is 12.0 Å². The van der Waals surface area contributed by atoms with Gasteiger partial charge in [0.15, 0.2) is 23.9 Å².